The van der Waals surface area contributed by atoms with Crippen LogP contribution in [0.1, 0.15) is 18.1 Å². The van der Waals surface area contributed by atoms with Crippen LogP contribution in [0.15, 0.2) is 54.6 Å². The number of aliphatic hydroxyl groups is 1. The Hall–Kier alpha value is -2.13. The summed E-state index contributed by atoms with van der Waals surface area (Å²) in [5.41, 5.74) is 0.344. The highest BCUT2D eigenvalue weighted by molar-refractivity contribution is 5.92. The molecule has 0 fully saturated rings. The van der Waals surface area contributed by atoms with E-state index in [-0.39, 0.29) is 18.1 Å². The molecule has 3 heteroatoms. The number of Topliss-reactive ketones (excluding diaryl/α,β-unsaturated/α-hetero) is 1. The van der Waals surface area contributed by atoms with Gasteiger partial charge in [-0.1, -0.05) is 42.5 Å². The first-order valence-electron chi connectivity index (χ1n) is 6.08. The third-order valence-corrected chi connectivity index (χ3v) is 3.46. The lowest BCUT2D eigenvalue weighted by molar-refractivity contribution is -0.122. The van der Waals surface area contributed by atoms with Gasteiger partial charge in [0.15, 0.2) is 0 Å². The third-order valence-electron chi connectivity index (χ3n) is 3.46. The summed E-state index contributed by atoms with van der Waals surface area (Å²) in [6.45, 7) is 1.16. The Bertz CT molecular complexity index is 560. The first-order chi connectivity index (χ1) is 9.11. The molecule has 0 aliphatic heterocycles. The predicted molar refractivity (Wildman–Crippen MR) is 73.1 cm³/mol. The Morgan fingerprint density at radius 1 is 1.00 bits per heavy atom. The molecule has 3 nitrogen and oxygen atoms in total. The van der Waals surface area contributed by atoms with Gasteiger partial charge in [-0.3, -0.25) is 4.79 Å². The number of phenolic OH excluding ortho intramolecular Hbond substituents is 1. The molecule has 0 saturated carbocycles. The molecule has 1 atom stereocenters. The molecular formula is C16H16O3. The first-order valence-corrected chi connectivity index (χ1v) is 6.08. The lowest BCUT2D eigenvalue weighted by Crippen LogP contribution is -2.39. The lowest BCUT2D eigenvalue weighted by atomic mass is 9.72. The Morgan fingerprint density at radius 3 is 2.00 bits per heavy atom. The van der Waals surface area contributed by atoms with Gasteiger partial charge in [-0.25, -0.2) is 0 Å². The van der Waals surface area contributed by atoms with E-state index in [0.29, 0.717) is 5.56 Å². The zero-order chi connectivity index (χ0) is 13.9. The molecule has 0 saturated heterocycles. The normalized spacial score (nSPS) is 13.8. The highest BCUT2D eigenvalue weighted by atomic mass is 16.3. The fraction of sp³-hybridized carbons (Fsp3) is 0.188. The van der Waals surface area contributed by atoms with Crippen LogP contribution in [-0.4, -0.2) is 22.6 Å². The van der Waals surface area contributed by atoms with Crippen molar-refractivity contribution in [2.75, 3.05) is 6.61 Å². The van der Waals surface area contributed by atoms with Gasteiger partial charge in [0.1, 0.15) is 16.9 Å². The van der Waals surface area contributed by atoms with Gasteiger partial charge < -0.3 is 10.2 Å². The SMILES string of the molecule is CC(=O)C(CO)(c1ccccc1)c1ccc(O)cc1. The highest BCUT2D eigenvalue weighted by Gasteiger charge is 2.38. The number of benzene rings is 2. The molecule has 2 aromatic carbocycles. The summed E-state index contributed by atoms with van der Waals surface area (Å²) >= 11 is 0. The summed E-state index contributed by atoms with van der Waals surface area (Å²) in [4.78, 5) is 12.2. The molecule has 19 heavy (non-hydrogen) atoms. The molecule has 0 radical (unpaired) electrons. The van der Waals surface area contributed by atoms with Gasteiger partial charge in [0.25, 0.3) is 0 Å². The lowest BCUT2D eigenvalue weighted by Gasteiger charge is -2.30. The van der Waals surface area contributed by atoms with E-state index < -0.39 is 5.41 Å². The van der Waals surface area contributed by atoms with Crippen molar-refractivity contribution in [1.82, 2.24) is 0 Å². The van der Waals surface area contributed by atoms with Crippen LogP contribution < -0.4 is 0 Å². The highest BCUT2D eigenvalue weighted by Crippen LogP contribution is 2.33. The van der Waals surface area contributed by atoms with Crippen LogP contribution >= 0.6 is 0 Å². The van der Waals surface area contributed by atoms with Crippen LogP contribution in [0, 0.1) is 0 Å². The smallest absolute Gasteiger partial charge is 0.147 e. The van der Waals surface area contributed by atoms with Gasteiger partial charge in [0.2, 0.25) is 0 Å². The van der Waals surface area contributed by atoms with Crippen LogP contribution in [0.4, 0.5) is 0 Å². The summed E-state index contributed by atoms with van der Waals surface area (Å²) in [6, 6.07) is 15.6. The van der Waals surface area contributed by atoms with E-state index in [1.807, 2.05) is 30.3 Å². The van der Waals surface area contributed by atoms with Crippen molar-refractivity contribution in [3.8, 4) is 5.75 Å². The molecule has 2 aromatic rings. The van der Waals surface area contributed by atoms with Gasteiger partial charge in [-0.05, 0) is 30.2 Å². The molecule has 0 aromatic heterocycles. The fourth-order valence-electron chi connectivity index (χ4n) is 2.34. The minimum absolute atomic E-state index is 0.132. The number of hydrogen-bond acceptors (Lipinski definition) is 3. The van der Waals surface area contributed by atoms with E-state index in [2.05, 4.69) is 0 Å². The summed E-state index contributed by atoms with van der Waals surface area (Å²) in [5, 5.41) is 19.2. The van der Waals surface area contributed by atoms with E-state index in [0.717, 1.165) is 5.56 Å². The first kappa shape index (κ1) is 13.3. The fourth-order valence-corrected chi connectivity index (χ4v) is 2.34. The molecular weight excluding hydrogens is 240 g/mol. The standard InChI is InChI=1S/C16H16O3/c1-12(18)16(11-17,13-5-3-2-4-6-13)14-7-9-15(19)10-8-14/h2-10,17,19H,11H2,1H3. The summed E-state index contributed by atoms with van der Waals surface area (Å²) in [5.74, 6) is -0.000840. The zero-order valence-corrected chi connectivity index (χ0v) is 10.7. The van der Waals surface area contributed by atoms with E-state index in [4.69, 9.17) is 0 Å². The van der Waals surface area contributed by atoms with Crippen molar-refractivity contribution in [3.63, 3.8) is 0 Å². The van der Waals surface area contributed by atoms with Gasteiger partial charge >= 0.3 is 0 Å². The molecule has 0 spiro atoms. The van der Waals surface area contributed by atoms with Crippen LogP contribution in [-0.2, 0) is 10.2 Å². The molecule has 0 aliphatic rings. The van der Waals surface area contributed by atoms with Crippen LogP contribution in [0.3, 0.4) is 0 Å². The Kier molecular flexibility index (Phi) is 3.67. The maximum Gasteiger partial charge on any atom is 0.147 e. The van der Waals surface area contributed by atoms with E-state index >= 15 is 0 Å². The molecule has 0 heterocycles. The Morgan fingerprint density at radius 2 is 1.53 bits per heavy atom. The molecule has 0 aliphatic carbocycles. The number of carbonyl (C=O) groups excluding carboxylic acids is 1. The van der Waals surface area contributed by atoms with Crippen molar-refractivity contribution >= 4 is 5.78 Å². The largest absolute Gasteiger partial charge is 0.508 e. The monoisotopic (exact) mass is 256 g/mol. The number of aromatic hydroxyl groups is 1. The van der Waals surface area contributed by atoms with Gasteiger partial charge in [-0.2, -0.15) is 0 Å². The minimum Gasteiger partial charge on any atom is -0.508 e. The van der Waals surface area contributed by atoms with Crippen LogP contribution in [0.2, 0.25) is 0 Å². The van der Waals surface area contributed by atoms with Crippen LogP contribution in [0.25, 0.3) is 0 Å². The second kappa shape index (κ2) is 5.24. The van der Waals surface area contributed by atoms with Crippen molar-refractivity contribution in [3.05, 3.63) is 65.7 Å². The topological polar surface area (TPSA) is 57.5 Å². The van der Waals surface area contributed by atoms with Gasteiger partial charge in [0.05, 0.1) is 6.61 Å². The minimum atomic E-state index is -1.07. The number of carbonyl (C=O) groups is 1. The predicted octanol–water partition coefficient (Wildman–Crippen LogP) is 2.26. The van der Waals surface area contributed by atoms with Crippen LogP contribution in [0.5, 0.6) is 5.75 Å². The Labute approximate surface area is 112 Å². The maximum absolute atomic E-state index is 12.2. The second-order valence-corrected chi connectivity index (χ2v) is 4.53. The average molecular weight is 256 g/mol. The number of aliphatic hydroxyl groups excluding tert-OH is 1. The molecule has 0 bridgehead atoms. The molecule has 0 amide bonds. The van der Waals surface area contributed by atoms with Crippen molar-refractivity contribution in [1.29, 1.82) is 0 Å². The van der Waals surface area contributed by atoms with E-state index in [1.54, 1.807) is 12.1 Å². The Balaban J connectivity index is 2.64. The molecule has 2 rings (SSSR count). The van der Waals surface area contributed by atoms with Gasteiger partial charge in [0, 0.05) is 0 Å². The van der Waals surface area contributed by atoms with Gasteiger partial charge in [-0.15, -0.1) is 0 Å². The van der Waals surface area contributed by atoms with Crippen molar-refractivity contribution in [2.24, 2.45) is 0 Å². The molecule has 2 N–H and O–H groups in total. The van der Waals surface area contributed by atoms with E-state index in [9.17, 15) is 15.0 Å². The summed E-state index contributed by atoms with van der Waals surface area (Å²) in [7, 11) is 0. The zero-order valence-electron chi connectivity index (χ0n) is 10.7. The number of hydrogen-bond donors (Lipinski definition) is 2. The third kappa shape index (κ3) is 2.25. The number of ketones is 1. The number of phenols is 1. The van der Waals surface area contributed by atoms with Crippen molar-refractivity contribution < 1.29 is 15.0 Å². The molecule has 98 valence electrons. The number of rotatable bonds is 4. The van der Waals surface area contributed by atoms with E-state index in [1.165, 1.54) is 19.1 Å². The summed E-state index contributed by atoms with van der Waals surface area (Å²) < 4.78 is 0. The molecule has 1 unspecified atom stereocenters. The quantitative estimate of drug-likeness (QED) is 0.882. The van der Waals surface area contributed by atoms with Crippen molar-refractivity contribution in [2.45, 2.75) is 12.3 Å². The second-order valence-electron chi connectivity index (χ2n) is 4.53. The summed E-state index contributed by atoms with van der Waals surface area (Å²) in [6.07, 6.45) is 0. The maximum atomic E-state index is 12.2. The average Bonchev–Trinajstić information content (AvgIpc) is 2.43.